The molecule has 0 aliphatic rings. The molecule has 3 rings (SSSR count). The molecule has 0 aliphatic carbocycles. The van der Waals surface area contributed by atoms with Crippen LogP contribution in [-0.4, -0.2) is 20.9 Å². The van der Waals surface area contributed by atoms with Crippen molar-refractivity contribution in [3.8, 4) is 11.4 Å². The first kappa shape index (κ1) is 21.4. The lowest BCUT2D eigenvalue weighted by molar-refractivity contribution is 0.251. The lowest BCUT2D eigenvalue weighted by Gasteiger charge is -2.14. The Bertz CT molecular complexity index is 1010. The van der Waals surface area contributed by atoms with Gasteiger partial charge in [0.1, 0.15) is 11.6 Å². The Morgan fingerprint density at radius 2 is 1.77 bits per heavy atom. The highest BCUT2D eigenvalue weighted by Gasteiger charge is 2.21. The molecular weight excluding hydrogens is 376 g/mol. The normalized spacial score (nSPS) is 11.5. The van der Waals surface area contributed by atoms with E-state index in [4.69, 9.17) is 5.10 Å². The predicted molar refractivity (Wildman–Crippen MR) is 120 cm³/mol. The molecule has 0 atom stereocenters. The number of urea groups is 1. The minimum atomic E-state index is -0.362. The average Bonchev–Trinajstić information content (AvgIpc) is 3.11. The second-order valence-electron chi connectivity index (χ2n) is 8.76. The van der Waals surface area contributed by atoms with Crippen LogP contribution in [0, 0.1) is 0 Å². The summed E-state index contributed by atoms with van der Waals surface area (Å²) in [5, 5.41) is 20.3. The van der Waals surface area contributed by atoms with E-state index in [9.17, 15) is 9.90 Å². The number of phenols is 1. The van der Waals surface area contributed by atoms with Crippen LogP contribution < -0.4 is 10.6 Å². The number of rotatable bonds is 5. The Hall–Kier alpha value is -3.28. The van der Waals surface area contributed by atoms with Crippen LogP contribution in [0.3, 0.4) is 0 Å². The third-order valence-corrected chi connectivity index (χ3v) is 4.95. The number of nitrogens with zero attached hydrogens (tertiary/aromatic N) is 2. The molecule has 3 N–H and O–H groups in total. The standard InChI is InChI=1S/C24H30N4O2/c1-16(2)17-10-12-19(13-11-17)28-22(14-21(27-28)24(3,4)5)26-23(30)25-15-18-8-6-7-9-20(18)29/h6-14,16,29H,15H2,1-5H3,(H2,25,26,30). The summed E-state index contributed by atoms with van der Waals surface area (Å²) in [7, 11) is 0. The first-order chi connectivity index (χ1) is 14.1. The Morgan fingerprint density at radius 1 is 1.10 bits per heavy atom. The highest BCUT2D eigenvalue weighted by Crippen LogP contribution is 2.27. The minimum Gasteiger partial charge on any atom is -0.508 e. The van der Waals surface area contributed by atoms with E-state index in [-0.39, 0.29) is 23.7 Å². The third-order valence-electron chi connectivity index (χ3n) is 4.95. The van der Waals surface area contributed by atoms with Gasteiger partial charge in [0.05, 0.1) is 11.4 Å². The Kier molecular flexibility index (Phi) is 6.15. The van der Waals surface area contributed by atoms with Gasteiger partial charge in [0, 0.05) is 23.6 Å². The van der Waals surface area contributed by atoms with Gasteiger partial charge in [0.2, 0.25) is 0 Å². The van der Waals surface area contributed by atoms with Gasteiger partial charge < -0.3 is 10.4 Å². The molecule has 1 aromatic heterocycles. The van der Waals surface area contributed by atoms with Crippen molar-refractivity contribution in [2.24, 2.45) is 0 Å². The van der Waals surface area contributed by atoms with Crippen LogP contribution in [-0.2, 0) is 12.0 Å². The van der Waals surface area contributed by atoms with Crippen LogP contribution >= 0.6 is 0 Å². The molecule has 0 bridgehead atoms. The van der Waals surface area contributed by atoms with Crippen LogP contribution in [0.15, 0.2) is 54.6 Å². The van der Waals surface area contributed by atoms with Gasteiger partial charge in [-0.25, -0.2) is 9.48 Å². The van der Waals surface area contributed by atoms with Crippen molar-refractivity contribution in [3.05, 3.63) is 71.4 Å². The molecule has 30 heavy (non-hydrogen) atoms. The molecule has 6 heteroatoms. The first-order valence-corrected chi connectivity index (χ1v) is 10.2. The number of amides is 2. The fraction of sp³-hybridized carbons (Fsp3) is 0.333. The second kappa shape index (κ2) is 8.61. The predicted octanol–water partition coefficient (Wildman–Crippen LogP) is 5.32. The molecule has 0 saturated heterocycles. The fourth-order valence-corrected chi connectivity index (χ4v) is 3.03. The molecule has 2 amide bonds. The van der Waals surface area contributed by atoms with Crippen molar-refractivity contribution in [2.45, 2.75) is 52.5 Å². The number of nitrogens with one attached hydrogen (secondary N) is 2. The molecule has 2 aromatic carbocycles. The van der Waals surface area contributed by atoms with Gasteiger partial charge in [0.15, 0.2) is 0 Å². The van der Waals surface area contributed by atoms with E-state index in [2.05, 4.69) is 57.4 Å². The van der Waals surface area contributed by atoms with Crippen LogP contribution in [0.1, 0.15) is 57.4 Å². The Morgan fingerprint density at radius 3 is 2.37 bits per heavy atom. The zero-order valence-electron chi connectivity index (χ0n) is 18.2. The minimum absolute atomic E-state index is 0.156. The maximum atomic E-state index is 12.5. The van der Waals surface area contributed by atoms with Crippen LogP contribution in [0.2, 0.25) is 0 Å². The molecule has 0 unspecified atom stereocenters. The summed E-state index contributed by atoms with van der Waals surface area (Å²) in [5.74, 6) is 1.19. The van der Waals surface area contributed by atoms with E-state index >= 15 is 0 Å². The van der Waals surface area contributed by atoms with E-state index in [1.165, 1.54) is 5.56 Å². The number of hydrogen-bond donors (Lipinski definition) is 3. The largest absolute Gasteiger partial charge is 0.508 e. The Balaban J connectivity index is 1.83. The summed E-state index contributed by atoms with van der Waals surface area (Å²) in [6.07, 6.45) is 0. The number of carbonyl (C=O) groups excluding carboxylic acids is 1. The number of aromatic nitrogens is 2. The van der Waals surface area contributed by atoms with Crippen molar-refractivity contribution in [1.82, 2.24) is 15.1 Å². The number of carbonyl (C=O) groups is 1. The molecule has 1 heterocycles. The molecule has 0 spiro atoms. The van der Waals surface area contributed by atoms with Crippen molar-refractivity contribution >= 4 is 11.8 Å². The summed E-state index contributed by atoms with van der Waals surface area (Å²) < 4.78 is 1.75. The number of para-hydroxylation sites is 1. The maximum Gasteiger partial charge on any atom is 0.320 e. The van der Waals surface area contributed by atoms with Gasteiger partial charge in [-0.2, -0.15) is 5.10 Å². The van der Waals surface area contributed by atoms with Gasteiger partial charge in [-0.1, -0.05) is 65.0 Å². The van der Waals surface area contributed by atoms with Gasteiger partial charge in [-0.05, 0) is 29.7 Å². The Labute approximate surface area is 177 Å². The van der Waals surface area contributed by atoms with Crippen molar-refractivity contribution in [2.75, 3.05) is 5.32 Å². The molecule has 0 fully saturated rings. The highest BCUT2D eigenvalue weighted by molar-refractivity contribution is 5.88. The number of aromatic hydroxyl groups is 1. The monoisotopic (exact) mass is 406 g/mol. The number of phenolic OH excluding ortho intramolecular Hbond substituents is 1. The van der Waals surface area contributed by atoms with Crippen LogP contribution in [0.5, 0.6) is 5.75 Å². The van der Waals surface area contributed by atoms with E-state index in [0.29, 0.717) is 17.3 Å². The number of benzene rings is 2. The molecule has 0 saturated carbocycles. The van der Waals surface area contributed by atoms with Crippen LogP contribution in [0.4, 0.5) is 10.6 Å². The van der Waals surface area contributed by atoms with E-state index in [0.717, 1.165) is 11.4 Å². The lowest BCUT2D eigenvalue weighted by Crippen LogP contribution is -2.29. The maximum absolute atomic E-state index is 12.5. The van der Waals surface area contributed by atoms with Crippen molar-refractivity contribution < 1.29 is 9.90 Å². The zero-order chi connectivity index (χ0) is 21.9. The van der Waals surface area contributed by atoms with E-state index in [1.807, 2.05) is 24.3 Å². The average molecular weight is 407 g/mol. The molecule has 0 radical (unpaired) electrons. The third kappa shape index (κ3) is 5.00. The summed E-state index contributed by atoms with van der Waals surface area (Å²) >= 11 is 0. The number of anilines is 1. The van der Waals surface area contributed by atoms with Gasteiger partial charge in [0.25, 0.3) is 0 Å². The SMILES string of the molecule is CC(C)c1ccc(-n2nc(C(C)(C)C)cc2NC(=O)NCc2ccccc2O)cc1. The molecule has 3 aromatic rings. The molecule has 0 aliphatic heterocycles. The quantitative estimate of drug-likeness (QED) is 0.536. The zero-order valence-corrected chi connectivity index (χ0v) is 18.2. The van der Waals surface area contributed by atoms with Crippen molar-refractivity contribution in [1.29, 1.82) is 0 Å². The summed E-state index contributed by atoms with van der Waals surface area (Å²) in [6, 6.07) is 16.7. The second-order valence-corrected chi connectivity index (χ2v) is 8.76. The van der Waals surface area contributed by atoms with Crippen molar-refractivity contribution in [3.63, 3.8) is 0 Å². The van der Waals surface area contributed by atoms with Gasteiger partial charge in [-0.3, -0.25) is 5.32 Å². The molecule has 158 valence electrons. The van der Waals surface area contributed by atoms with Gasteiger partial charge >= 0.3 is 6.03 Å². The van der Waals surface area contributed by atoms with E-state index < -0.39 is 0 Å². The smallest absolute Gasteiger partial charge is 0.320 e. The lowest BCUT2D eigenvalue weighted by atomic mass is 9.92. The molecular formula is C24H30N4O2. The first-order valence-electron chi connectivity index (χ1n) is 10.2. The summed E-state index contributed by atoms with van der Waals surface area (Å²) in [4.78, 5) is 12.5. The van der Waals surface area contributed by atoms with Gasteiger partial charge in [-0.15, -0.1) is 0 Å². The molecule has 6 nitrogen and oxygen atoms in total. The summed E-state index contributed by atoms with van der Waals surface area (Å²) in [6.45, 7) is 10.8. The van der Waals surface area contributed by atoms with E-state index in [1.54, 1.807) is 22.9 Å². The summed E-state index contributed by atoms with van der Waals surface area (Å²) in [5.41, 5.74) is 3.50. The van der Waals surface area contributed by atoms with Crippen LogP contribution in [0.25, 0.3) is 5.69 Å². The topological polar surface area (TPSA) is 79.2 Å². The number of hydrogen-bond acceptors (Lipinski definition) is 3. The fourth-order valence-electron chi connectivity index (χ4n) is 3.03. The highest BCUT2D eigenvalue weighted by atomic mass is 16.3.